The van der Waals surface area contributed by atoms with Gasteiger partial charge >= 0.3 is 11.2 Å². The Bertz CT molecular complexity index is 1280. The number of fused-ring (bicyclic) bond motifs is 5. The SMILES string of the molecule is COCCn1ccc2ccc(C(=O)N3CC4C[C@H](C3)Cn3c4ccc([N+](=O)[O-])c3=O)cc21. The highest BCUT2D eigenvalue weighted by molar-refractivity contribution is 5.98. The van der Waals surface area contributed by atoms with Gasteiger partial charge in [0.15, 0.2) is 0 Å². The minimum absolute atomic E-state index is 0.00532. The molecule has 2 atom stereocenters. The second-order valence-electron chi connectivity index (χ2n) is 8.60. The molecule has 1 unspecified atom stereocenters. The fourth-order valence-electron chi connectivity index (χ4n) is 5.12. The van der Waals surface area contributed by atoms with E-state index in [1.165, 1.54) is 10.6 Å². The number of likely N-dealkylation sites (tertiary alicyclic amines) is 1. The molecule has 32 heavy (non-hydrogen) atoms. The van der Waals surface area contributed by atoms with Crippen LogP contribution in [0.5, 0.6) is 0 Å². The molecule has 0 spiro atoms. The average molecular weight is 436 g/mol. The molecule has 9 heteroatoms. The Morgan fingerprint density at radius 2 is 2.03 bits per heavy atom. The van der Waals surface area contributed by atoms with Crippen LogP contribution in [-0.4, -0.2) is 51.7 Å². The molecule has 5 rings (SSSR count). The molecule has 9 nitrogen and oxygen atoms in total. The fourth-order valence-corrected chi connectivity index (χ4v) is 5.12. The number of ether oxygens (including phenoxy) is 1. The summed E-state index contributed by atoms with van der Waals surface area (Å²) in [6.07, 6.45) is 2.87. The second kappa shape index (κ2) is 7.90. The molecule has 2 bridgehead atoms. The van der Waals surface area contributed by atoms with Crippen molar-refractivity contribution in [1.29, 1.82) is 0 Å². The number of nitrogens with zero attached hydrogens (tertiary/aromatic N) is 4. The van der Waals surface area contributed by atoms with Gasteiger partial charge in [0.1, 0.15) is 0 Å². The van der Waals surface area contributed by atoms with E-state index in [0.717, 1.165) is 23.0 Å². The summed E-state index contributed by atoms with van der Waals surface area (Å²) in [6.45, 7) is 2.73. The maximum atomic E-state index is 13.4. The molecule has 4 heterocycles. The van der Waals surface area contributed by atoms with E-state index in [9.17, 15) is 19.7 Å². The van der Waals surface area contributed by atoms with Gasteiger partial charge in [0.25, 0.3) is 5.91 Å². The van der Waals surface area contributed by atoms with Crippen LogP contribution in [0, 0.1) is 16.0 Å². The molecule has 0 saturated carbocycles. The highest BCUT2D eigenvalue weighted by Gasteiger charge is 2.37. The van der Waals surface area contributed by atoms with Gasteiger partial charge < -0.3 is 18.8 Å². The Labute approximate surface area is 184 Å². The topological polar surface area (TPSA) is 99.6 Å². The van der Waals surface area contributed by atoms with Crippen molar-refractivity contribution in [3.8, 4) is 0 Å². The number of amides is 1. The summed E-state index contributed by atoms with van der Waals surface area (Å²) in [5, 5.41) is 12.2. The molecule has 3 aromatic rings. The summed E-state index contributed by atoms with van der Waals surface area (Å²) in [5.41, 5.74) is 1.46. The van der Waals surface area contributed by atoms with Crippen LogP contribution in [0.15, 0.2) is 47.4 Å². The predicted molar refractivity (Wildman–Crippen MR) is 118 cm³/mol. The van der Waals surface area contributed by atoms with Gasteiger partial charge in [-0.25, -0.2) is 0 Å². The van der Waals surface area contributed by atoms with E-state index in [1.54, 1.807) is 13.2 Å². The lowest BCUT2D eigenvalue weighted by molar-refractivity contribution is -0.386. The van der Waals surface area contributed by atoms with E-state index >= 15 is 0 Å². The number of carbonyl (C=O) groups is 1. The summed E-state index contributed by atoms with van der Waals surface area (Å²) >= 11 is 0. The minimum Gasteiger partial charge on any atom is -0.383 e. The number of benzene rings is 1. The van der Waals surface area contributed by atoms with Gasteiger partial charge in [-0.3, -0.25) is 19.7 Å². The first-order chi connectivity index (χ1) is 15.5. The van der Waals surface area contributed by atoms with Crippen LogP contribution in [0.4, 0.5) is 5.69 Å². The van der Waals surface area contributed by atoms with Crippen molar-refractivity contribution in [2.45, 2.75) is 25.4 Å². The molecule has 0 N–H and O–H groups in total. The maximum absolute atomic E-state index is 13.4. The molecule has 0 aliphatic carbocycles. The second-order valence-corrected chi connectivity index (χ2v) is 8.60. The third-order valence-corrected chi connectivity index (χ3v) is 6.63. The zero-order valence-corrected chi connectivity index (χ0v) is 17.8. The van der Waals surface area contributed by atoms with E-state index < -0.39 is 16.2 Å². The molecule has 1 aromatic carbocycles. The third-order valence-electron chi connectivity index (χ3n) is 6.63. The first-order valence-electron chi connectivity index (χ1n) is 10.7. The van der Waals surface area contributed by atoms with Crippen LogP contribution in [-0.2, 0) is 17.8 Å². The predicted octanol–water partition coefficient (Wildman–Crippen LogP) is 2.62. The monoisotopic (exact) mass is 436 g/mol. The van der Waals surface area contributed by atoms with Gasteiger partial charge in [0.2, 0.25) is 0 Å². The van der Waals surface area contributed by atoms with Gasteiger partial charge in [-0.1, -0.05) is 6.07 Å². The highest BCUT2D eigenvalue weighted by atomic mass is 16.6. The normalized spacial score (nSPS) is 19.7. The van der Waals surface area contributed by atoms with E-state index in [2.05, 4.69) is 4.57 Å². The van der Waals surface area contributed by atoms with E-state index in [1.807, 2.05) is 35.4 Å². The van der Waals surface area contributed by atoms with Gasteiger partial charge in [0.05, 0.1) is 11.5 Å². The Morgan fingerprint density at radius 3 is 2.81 bits per heavy atom. The zero-order chi connectivity index (χ0) is 22.4. The molecular weight excluding hydrogens is 412 g/mol. The van der Waals surface area contributed by atoms with Crippen LogP contribution in [0.1, 0.15) is 28.4 Å². The lowest BCUT2D eigenvalue weighted by atomic mass is 9.83. The zero-order valence-electron chi connectivity index (χ0n) is 17.8. The van der Waals surface area contributed by atoms with Crippen LogP contribution < -0.4 is 5.56 Å². The van der Waals surface area contributed by atoms with E-state index in [4.69, 9.17) is 4.74 Å². The van der Waals surface area contributed by atoms with Crippen molar-refractivity contribution in [3.05, 3.63) is 74.3 Å². The maximum Gasteiger partial charge on any atom is 0.334 e. The lowest BCUT2D eigenvalue weighted by Gasteiger charge is -2.42. The van der Waals surface area contributed by atoms with Gasteiger partial charge in [-0.2, -0.15) is 0 Å². The number of rotatable bonds is 5. The van der Waals surface area contributed by atoms with Crippen molar-refractivity contribution >= 4 is 22.5 Å². The Morgan fingerprint density at radius 1 is 1.19 bits per heavy atom. The minimum atomic E-state index is -0.630. The number of carbonyl (C=O) groups excluding carboxylic acids is 1. The van der Waals surface area contributed by atoms with Gasteiger partial charge in [-0.05, 0) is 42.0 Å². The molecule has 166 valence electrons. The molecule has 0 radical (unpaired) electrons. The van der Waals surface area contributed by atoms with Crippen molar-refractivity contribution in [3.63, 3.8) is 0 Å². The van der Waals surface area contributed by atoms with Crippen molar-refractivity contribution < 1.29 is 14.5 Å². The molecule has 1 amide bonds. The number of aromatic nitrogens is 2. The number of pyridine rings is 1. The number of piperidine rings is 1. The number of hydrogen-bond donors (Lipinski definition) is 0. The Hall–Kier alpha value is -3.46. The Kier molecular flexibility index (Phi) is 5.05. The van der Waals surface area contributed by atoms with Crippen LogP contribution in [0.3, 0.4) is 0 Å². The summed E-state index contributed by atoms with van der Waals surface area (Å²) in [5.74, 6) is 0.0623. The standard InChI is InChI=1S/C23H24N4O5/c1-32-9-8-24-7-6-16-2-3-17(11-21(16)24)22(28)25-12-15-10-18(14-25)19-4-5-20(27(30)31)23(29)26(19)13-15/h2-7,11,15,18H,8-10,12-14H2,1H3/t15-,18?/m1/s1. The van der Waals surface area contributed by atoms with Crippen molar-refractivity contribution in [1.82, 2.24) is 14.0 Å². The molecule has 1 fully saturated rings. The largest absolute Gasteiger partial charge is 0.383 e. The molecule has 1 saturated heterocycles. The van der Waals surface area contributed by atoms with Crippen LogP contribution in [0.2, 0.25) is 0 Å². The van der Waals surface area contributed by atoms with E-state index in [-0.39, 0.29) is 17.7 Å². The fraction of sp³-hybridized carbons (Fsp3) is 0.391. The molecule has 2 aliphatic rings. The summed E-state index contributed by atoms with van der Waals surface area (Å²) in [4.78, 5) is 38.3. The summed E-state index contributed by atoms with van der Waals surface area (Å²) < 4.78 is 8.79. The summed E-state index contributed by atoms with van der Waals surface area (Å²) in [6, 6.07) is 10.7. The van der Waals surface area contributed by atoms with E-state index in [0.29, 0.717) is 38.3 Å². The molecule has 2 aromatic heterocycles. The van der Waals surface area contributed by atoms with Gasteiger partial charge in [0, 0.05) is 68.2 Å². The highest BCUT2D eigenvalue weighted by Crippen LogP contribution is 2.36. The average Bonchev–Trinajstić information content (AvgIpc) is 3.19. The smallest absolute Gasteiger partial charge is 0.334 e. The summed E-state index contributed by atoms with van der Waals surface area (Å²) in [7, 11) is 1.66. The van der Waals surface area contributed by atoms with Crippen LogP contribution >= 0.6 is 0 Å². The quantitative estimate of drug-likeness (QED) is 0.452. The molecule has 2 aliphatic heterocycles. The van der Waals surface area contributed by atoms with Gasteiger partial charge in [-0.15, -0.1) is 0 Å². The number of methoxy groups -OCH3 is 1. The first kappa shape index (κ1) is 20.4. The Balaban J connectivity index is 1.42. The number of nitro groups is 1. The number of hydrogen-bond acceptors (Lipinski definition) is 5. The van der Waals surface area contributed by atoms with Crippen LogP contribution in [0.25, 0.3) is 10.9 Å². The van der Waals surface area contributed by atoms with Crippen molar-refractivity contribution in [2.24, 2.45) is 5.92 Å². The first-order valence-corrected chi connectivity index (χ1v) is 10.7. The molecular formula is C23H24N4O5. The third kappa shape index (κ3) is 3.38. The van der Waals surface area contributed by atoms with Crippen molar-refractivity contribution in [2.75, 3.05) is 26.8 Å². The lowest BCUT2D eigenvalue weighted by Crippen LogP contribution is -2.49.